The van der Waals surface area contributed by atoms with Crippen LogP contribution in [0.5, 0.6) is 0 Å². The predicted molar refractivity (Wildman–Crippen MR) is 62.1 cm³/mol. The summed E-state index contributed by atoms with van der Waals surface area (Å²) < 4.78 is 51.7. The van der Waals surface area contributed by atoms with Crippen LogP contribution in [0.25, 0.3) is 0 Å². The summed E-state index contributed by atoms with van der Waals surface area (Å²) in [5, 5.41) is 0. The van der Waals surface area contributed by atoms with Crippen molar-refractivity contribution in [3.05, 3.63) is 42.2 Å². The van der Waals surface area contributed by atoms with Crippen LogP contribution in [0.15, 0.2) is 30.9 Å². The van der Waals surface area contributed by atoms with Gasteiger partial charge >= 0.3 is 6.18 Å². The van der Waals surface area contributed by atoms with Crippen molar-refractivity contribution in [1.82, 2.24) is 0 Å². The quantitative estimate of drug-likeness (QED) is 0.597. The Morgan fingerprint density at radius 1 is 1.37 bits per heavy atom. The van der Waals surface area contributed by atoms with Crippen LogP contribution < -0.4 is 4.90 Å². The van der Waals surface area contributed by atoms with Gasteiger partial charge < -0.3 is 4.90 Å². The fraction of sp³-hybridized carbons (Fsp3) is 0.308. The van der Waals surface area contributed by atoms with Crippen molar-refractivity contribution < 1.29 is 22.4 Å². The summed E-state index contributed by atoms with van der Waals surface area (Å²) >= 11 is 0. The Morgan fingerprint density at radius 2 is 2.05 bits per heavy atom. The standard InChI is InChI=1S/C13H11F4NO/c1-2-8-6-11(19)18(7-8)10-5-3-4-9(12(10)14)13(15,16)17/h2-5,8H,1,6-7H2. The van der Waals surface area contributed by atoms with Gasteiger partial charge in [0.15, 0.2) is 5.82 Å². The molecule has 6 heteroatoms. The van der Waals surface area contributed by atoms with Gasteiger partial charge in [0.05, 0.1) is 11.3 Å². The van der Waals surface area contributed by atoms with E-state index in [0.717, 1.165) is 11.0 Å². The molecule has 1 heterocycles. The molecule has 102 valence electrons. The van der Waals surface area contributed by atoms with Crippen molar-refractivity contribution in [2.45, 2.75) is 12.6 Å². The highest BCUT2D eigenvalue weighted by Gasteiger charge is 2.37. The zero-order valence-corrected chi connectivity index (χ0v) is 9.88. The molecule has 2 nitrogen and oxygen atoms in total. The number of benzene rings is 1. The maximum atomic E-state index is 13.9. The molecular formula is C13H11F4NO. The third-order valence-electron chi connectivity index (χ3n) is 3.06. The number of anilines is 1. The van der Waals surface area contributed by atoms with Crippen LogP contribution in [-0.4, -0.2) is 12.5 Å². The van der Waals surface area contributed by atoms with Crippen molar-refractivity contribution in [3.8, 4) is 0 Å². The summed E-state index contributed by atoms with van der Waals surface area (Å²) in [4.78, 5) is 12.7. The van der Waals surface area contributed by atoms with Gasteiger partial charge in [-0.05, 0) is 12.1 Å². The summed E-state index contributed by atoms with van der Waals surface area (Å²) in [6.45, 7) is 3.69. The maximum Gasteiger partial charge on any atom is 0.419 e. The molecule has 19 heavy (non-hydrogen) atoms. The fourth-order valence-electron chi connectivity index (χ4n) is 2.07. The Labute approximate surface area is 107 Å². The highest BCUT2D eigenvalue weighted by atomic mass is 19.4. The van der Waals surface area contributed by atoms with E-state index in [-0.39, 0.29) is 24.6 Å². The van der Waals surface area contributed by atoms with Crippen molar-refractivity contribution in [2.75, 3.05) is 11.4 Å². The largest absolute Gasteiger partial charge is 0.419 e. The lowest BCUT2D eigenvalue weighted by molar-refractivity contribution is -0.140. The number of nitrogens with zero attached hydrogens (tertiary/aromatic N) is 1. The first kappa shape index (κ1) is 13.6. The molecule has 1 fully saturated rings. The fourth-order valence-corrected chi connectivity index (χ4v) is 2.07. The van der Waals surface area contributed by atoms with Gasteiger partial charge in [0.2, 0.25) is 5.91 Å². The van der Waals surface area contributed by atoms with E-state index in [1.54, 1.807) is 6.08 Å². The summed E-state index contributed by atoms with van der Waals surface area (Å²) in [6.07, 6.45) is -3.09. The number of carbonyl (C=O) groups is 1. The Hall–Kier alpha value is -1.85. The molecule has 0 bridgehead atoms. The van der Waals surface area contributed by atoms with Crippen LogP contribution in [0.2, 0.25) is 0 Å². The van der Waals surface area contributed by atoms with E-state index in [0.29, 0.717) is 6.07 Å². The second-order valence-corrected chi connectivity index (χ2v) is 4.34. The molecule has 1 atom stereocenters. The molecule has 0 aliphatic carbocycles. The Bertz CT molecular complexity index is 524. The van der Waals surface area contributed by atoms with Gasteiger partial charge in [-0.2, -0.15) is 13.2 Å². The monoisotopic (exact) mass is 273 g/mol. The molecule has 1 amide bonds. The van der Waals surface area contributed by atoms with Gasteiger partial charge in [-0.25, -0.2) is 4.39 Å². The second-order valence-electron chi connectivity index (χ2n) is 4.34. The molecule has 1 aliphatic heterocycles. The molecule has 0 N–H and O–H groups in total. The molecule has 1 aromatic rings. The Morgan fingerprint density at radius 3 is 2.58 bits per heavy atom. The van der Waals surface area contributed by atoms with E-state index in [1.807, 2.05) is 0 Å². The number of halogens is 4. The first-order valence-electron chi connectivity index (χ1n) is 5.63. The number of amides is 1. The molecule has 0 radical (unpaired) electrons. The van der Waals surface area contributed by atoms with E-state index in [4.69, 9.17) is 0 Å². The predicted octanol–water partition coefficient (Wildman–Crippen LogP) is 3.38. The molecule has 1 aromatic carbocycles. The number of rotatable bonds is 2. The topological polar surface area (TPSA) is 20.3 Å². The minimum Gasteiger partial charge on any atom is -0.309 e. The molecular weight excluding hydrogens is 262 g/mol. The van der Waals surface area contributed by atoms with Crippen molar-refractivity contribution >= 4 is 11.6 Å². The Kier molecular flexibility index (Phi) is 3.34. The Balaban J connectivity index is 2.42. The van der Waals surface area contributed by atoms with Gasteiger partial charge in [-0.15, -0.1) is 6.58 Å². The third kappa shape index (κ3) is 2.47. The average molecular weight is 273 g/mol. The SMILES string of the molecule is C=CC1CC(=O)N(c2cccc(C(F)(F)F)c2F)C1. The lowest BCUT2D eigenvalue weighted by atomic mass is 10.1. The molecule has 2 rings (SSSR count). The van der Waals surface area contributed by atoms with Crippen LogP contribution >= 0.6 is 0 Å². The normalized spacial score (nSPS) is 19.9. The van der Waals surface area contributed by atoms with Crippen molar-refractivity contribution in [3.63, 3.8) is 0 Å². The van der Waals surface area contributed by atoms with Crippen LogP contribution in [-0.2, 0) is 11.0 Å². The smallest absolute Gasteiger partial charge is 0.309 e. The minimum atomic E-state index is -4.78. The molecule has 1 aliphatic rings. The third-order valence-corrected chi connectivity index (χ3v) is 3.06. The second kappa shape index (κ2) is 4.68. The van der Waals surface area contributed by atoms with E-state index < -0.39 is 23.5 Å². The van der Waals surface area contributed by atoms with Crippen molar-refractivity contribution in [1.29, 1.82) is 0 Å². The van der Waals surface area contributed by atoms with E-state index in [2.05, 4.69) is 6.58 Å². The van der Waals surface area contributed by atoms with Gasteiger partial charge in [-0.1, -0.05) is 12.1 Å². The number of hydrogen-bond acceptors (Lipinski definition) is 1. The van der Waals surface area contributed by atoms with Gasteiger partial charge in [-0.3, -0.25) is 4.79 Å². The van der Waals surface area contributed by atoms with Gasteiger partial charge in [0, 0.05) is 18.9 Å². The number of alkyl halides is 3. The molecule has 0 aromatic heterocycles. The van der Waals surface area contributed by atoms with Crippen molar-refractivity contribution in [2.24, 2.45) is 5.92 Å². The lowest BCUT2D eigenvalue weighted by Gasteiger charge is -2.19. The first-order chi connectivity index (χ1) is 8.84. The molecule has 0 saturated carbocycles. The van der Waals surface area contributed by atoms with Crippen LogP contribution in [0.4, 0.5) is 23.2 Å². The van der Waals surface area contributed by atoms with Gasteiger partial charge in [0.1, 0.15) is 0 Å². The maximum absolute atomic E-state index is 13.9. The van der Waals surface area contributed by atoms with E-state index >= 15 is 0 Å². The lowest BCUT2D eigenvalue weighted by Crippen LogP contribution is -2.26. The van der Waals surface area contributed by atoms with Crippen LogP contribution in [0, 0.1) is 11.7 Å². The number of carbonyl (C=O) groups excluding carboxylic acids is 1. The molecule has 1 unspecified atom stereocenters. The van der Waals surface area contributed by atoms with Gasteiger partial charge in [0.25, 0.3) is 0 Å². The molecule has 1 saturated heterocycles. The highest BCUT2D eigenvalue weighted by Crippen LogP contribution is 2.36. The zero-order valence-electron chi connectivity index (χ0n) is 9.88. The molecule has 0 spiro atoms. The summed E-state index contributed by atoms with van der Waals surface area (Å²) in [5.74, 6) is -1.97. The summed E-state index contributed by atoms with van der Waals surface area (Å²) in [6, 6.07) is 2.92. The zero-order chi connectivity index (χ0) is 14.2. The van der Waals surface area contributed by atoms with E-state index in [1.165, 1.54) is 6.07 Å². The summed E-state index contributed by atoms with van der Waals surface area (Å²) in [7, 11) is 0. The average Bonchev–Trinajstić information content (AvgIpc) is 2.69. The minimum absolute atomic E-state index is 0.138. The van der Waals surface area contributed by atoms with Crippen LogP contribution in [0.3, 0.4) is 0 Å². The van der Waals surface area contributed by atoms with Crippen LogP contribution in [0.1, 0.15) is 12.0 Å². The summed E-state index contributed by atoms with van der Waals surface area (Å²) in [5.41, 5.74) is -1.69. The first-order valence-corrected chi connectivity index (χ1v) is 5.63. The highest BCUT2D eigenvalue weighted by molar-refractivity contribution is 5.96. The van der Waals surface area contributed by atoms with E-state index in [9.17, 15) is 22.4 Å². The number of hydrogen-bond donors (Lipinski definition) is 0.